The van der Waals surface area contributed by atoms with Crippen LogP contribution in [-0.2, 0) is 4.74 Å². The zero-order valence-corrected chi connectivity index (χ0v) is 9.13. The lowest BCUT2D eigenvalue weighted by atomic mass is 10.2. The van der Waals surface area contributed by atoms with Gasteiger partial charge in [0.05, 0.1) is 0 Å². The first kappa shape index (κ1) is 5.95. The molecular weight excluding hydrogens is 180 g/mol. The molecule has 1 amide bonds. The van der Waals surface area contributed by atoms with E-state index in [-0.39, 0.29) is 13.1 Å². The summed E-state index contributed by atoms with van der Waals surface area (Å²) in [5, 5.41) is 0. The lowest BCUT2D eigenvalue weighted by Crippen LogP contribution is -2.37. The molecule has 0 atom stereocenters. The van der Waals surface area contributed by atoms with Crippen molar-refractivity contribution < 1.29 is 17.8 Å². The maximum absolute atomic E-state index is 11.7. The Kier molecular flexibility index (Phi) is 2.21. The zero-order chi connectivity index (χ0) is 16.4. The van der Waals surface area contributed by atoms with Gasteiger partial charge in [-0.1, -0.05) is 0 Å². The van der Waals surface area contributed by atoms with Crippen LogP contribution in [0.5, 0.6) is 0 Å². The van der Waals surface area contributed by atoms with Gasteiger partial charge in [-0.3, -0.25) is 0 Å². The molecular formula is C10H22N2O2. The minimum Gasteiger partial charge on any atom is -0.444 e. The van der Waals surface area contributed by atoms with Crippen LogP contribution in [0, 0.1) is 0 Å². The molecule has 0 radical (unpaired) electrons. The molecule has 84 valence electrons. The number of rotatable bonds is 3. The average molecular weight is 208 g/mol. The highest BCUT2D eigenvalue weighted by atomic mass is 16.6. The highest BCUT2D eigenvalue weighted by Gasteiger charge is 2.19. The van der Waals surface area contributed by atoms with E-state index in [0.717, 1.165) is 4.90 Å². The van der Waals surface area contributed by atoms with Crippen molar-refractivity contribution in [1.82, 2.24) is 9.80 Å². The van der Waals surface area contributed by atoms with Crippen LogP contribution in [0.2, 0.25) is 0 Å². The van der Waals surface area contributed by atoms with Crippen molar-refractivity contribution in [2.24, 2.45) is 0 Å². The van der Waals surface area contributed by atoms with E-state index in [1.54, 1.807) is 20.8 Å². The van der Waals surface area contributed by atoms with Crippen molar-refractivity contribution >= 4 is 6.09 Å². The summed E-state index contributed by atoms with van der Waals surface area (Å²) < 4.78 is 48.3. The Balaban J connectivity index is 4.62. The van der Waals surface area contributed by atoms with Crippen molar-refractivity contribution in [1.29, 1.82) is 0 Å². The fourth-order valence-corrected chi connectivity index (χ4v) is 0.681. The number of ether oxygens (including phenoxy) is 1. The van der Waals surface area contributed by atoms with E-state index < -0.39 is 25.6 Å². The van der Waals surface area contributed by atoms with Gasteiger partial charge in [0.2, 0.25) is 0 Å². The number of amides is 1. The van der Waals surface area contributed by atoms with Gasteiger partial charge in [-0.25, -0.2) is 4.79 Å². The summed E-state index contributed by atoms with van der Waals surface area (Å²) >= 11 is 0. The van der Waals surface area contributed by atoms with Gasteiger partial charge in [0, 0.05) is 28.4 Å². The summed E-state index contributed by atoms with van der Waals surface area (Å²) in [4.78, 5) is 13.2. The van der Waals surface area contributed by atoms with Gasteiger partial charge in [0.15, 0.2) is 0 Å². The maximum Gasteiger partial charge on any atom is 0.410 e. The Hall–Kier alpha value is -0.770. The molecule has 4 nitrogen and oxygen atoms in total. The predicted molar refractivity (Wildman–Crippen MR) is 57.4 cm³/mol. The van der Waals surface area contributed by atoms with Crippen molar-refractivity contribution in [2.45, 2.75) is 26.4 Å². The van der Waals surface area contributed by atoms with Gasteiger partial charge in [-0.2, -0.15) is 0 Å². The molecule has 0 aromatic carbocycles. The van der Waals surface area contributed by atoms with Crippen LogP contribution >= 0.6 is 0 Å². The number of hydrogen-bond acceptors (Lipinski definition) is 3. The minimum absolute atomic E-state index is 0.0638. The summed E-state index contributed by atoms with van der Waals surface area (Å²) in [6.45, 7) is -0.754. The largest absolute Gasteiger partial charge is 0.444 e. The zero-order valence-electron chi connectivity index (χ0n) is 15.1. The van der Waals surface area contributed by atoms with Crippen molar-refractivity contribution in [3.63, 3.8) is 0 Å². The van der Waals surface area contributed by atoms with Gasteiger partial charge in [0.25, 0.3) is 0 Å². The number of nitrogens with zero attached hydrogens (tertiary/aromatic N) is 2. The summed E-state index contributed by atoms with van der Waals surface area (Å²) in [5.41, 5.74) is -0.668. The maximum atomic E-state index is 11.7. The van der Waals surface area contributed by atoms with E-state index in [2.05, 4.69) is 0 Å². The summed E-state index contributed by atoms with van der Waals surface area (Å²) in [6.07, 6.45) is -0.631. The normalized spacial score (nSPS) is 19.8. The SMILES string of the molecule is [2H]C([2H])([2H])N(CCN(C)C(=O)OC(C)(C)C)C([2H])([2H])[2H]. The van der Waals surface area contributed by atoms with Crippen LogP contribution in [0.15, 0.2) is 0 Å². The first-order chi connectivity index (χ1) is 8.64. The van der Waals surface area contributed by atoms with E-state index >= 15 is 0 Å². The number of likely N-dealkylation sites (N-methyl/N-ethyl adjacent to an activating group) is 2. The monoisotopic (exact) mass is 208 g/mol. The van der Waals surface area contributed by atoms with Gasteiger partial charge in [0.1, 0.15) is 5.60 Å². The number of hydrogen-bond donors (Lipinski definition) is 0. The molecule has 0 fully saturated rings. The summed E-state index contributed by atoms with van der Waals surface area (Å²) in [5.74, 6) is 0. The molecule has 0 aliphatic carbocycles. The third-order valence-corrected chi connectivity index (χ3v) is 1.36. The van der Waals surface area contributed by atoms with Crippen LogP contribution in [0.25, 0.3) is 0 Å². The average Bonchev–Trinajstić information content (AvgIpc) is 2.09. The van der Waals surface area contributed by atoms with Crippen LogP contribution in [0.1, 0.15) is 29.0 Å². The van der Waals surface area contributed by atoms with Gasteiger partial charge >= 0.3 is 6.09 Å². The molecule has 0 saturated carbocycles. The third-order valence-electron chi connectivity index (χ3n) is 1.36. The topological polar surface area (TPSA) is 32.8 Å². The molecule has 14 heavy (non-hydrogen) atoms. The molecule has 0 unspecified atom stereocenters. The molecule has 0 spiro atoms. The summed E-state index contributed by atoms with van der Waals surface area (Å²) in [7, 11) is 1.42. The molecule has 0 bridgehead atoms. The fourth-order valence-electron chi connectivity index (χ4n) is 0.681. The Bertz CT molecular complexity index is 320. The van der Waals surface area contributed by atoms with E-state index in [1.807, 2.05) is 0 Å². The molecule has 0 aromatic rings. The third kappa shape index (κ3) is 6.71. The second-order valence-corrected chi connectivity index (χ2v) is 4.05. The molecule has 0 heterocycles. The number of carbonyl (C=O) groups excluding carboxylic acids is 1. The lowest BCUT2D eigenvalue weighted by Gasteiger charge is -2.25. The smallest absolute Gasteiger partial charge is 0.410 e. The highest BCUT2D eigenvalue weighted by Crippen LogP contribution is 2.08. The Morgan fingerprint density at radius 1 is 1.36 bits per heavy atom. The van der Waals surface area contributed by atoms with E-state index in [9.17, 15) is 4.79 Å². The molecule has 4 heteroatoms. The first-order valence-electron chi connectivity index (χ1n) is 7.36. The second-order valence-electron chi connectivity index (χ2n) is 4.05. The highest BCUT2D eigenvalue weighted by molar-refractivity contribution is 5.67. The Labute approximate surface area is 95.2 Å². The quantitative estimate of drug-likeness (QED) is 0.703. The summed E-state index contributed by atoms with van der Waals surface area (Å²) in [6, 6.07) is 0. The van der Waals surface area contributed by atoms with Crippen molar-refractivity contribution in [3.05, 3.63) is 0 Å². The molecule has 0 saturated heterocycles. The first-order valence-corrected chi connectivity index (χ1v) is 4.36. The van der Waals surface area contributed by atoms with Crippen LogP contribution in [0.4, 0.5) is 4.79 Å². The Morgan fingerprint density at radius 3 is 2.36 bits per heavy atom. The number of carbonyl (C=O) groups is 1. The van der Waals surface area contributed by atoms with Crippen LogP contribution < -0.4 is 0 Å². The molecule has 0 aromatic heterocycles. The minimum atomic E-state index is -2.75. The molecule has 0 aliphatic rings. The fraction of sp³-hybridized carbons (Fsp3) is 0.900. The van der Waals surface area contributed by atoms with Crippen LogP contribution in [-0.4, -0.2) is 55.6 Å². The molecule has 0 rings (SSSR count). The van der Waals surface area contributed by atoms with Crippen molar-refractivity contribution in [3.8, 4) is 0 Å². The lowest BCUT2D eigenvalue weighted by molar-refractivity contribution is 0.0290. The van der Waals surface area contributed by atoms with Crippen molar-refractivity contribution in [2.75, 3.05) is 34.1 Å². The predicted octanol–water partition coefficient (Wildman–Crippen LogP) is 1.41. The molecule has 0 aliphatic heterocycles. The van der Waals surface area contributed by atoms with E-state index in [4.69, 9.17) is 13.0 Å². The Morgan fingerprint density at radius 2 is 1.93 bits per heavy atom. The van der Waals surface area contributed by atoms with E-state index in [1.165, 1.54) is 7.05 Å². The van der Waals surface area contributed by atoms with E-state index in [0.29, 0.717) is 4.90 Å². The van der Waals surface area contributed by atoms with Gasteiger partial charge in [-0.15, -0.1) is 0 Å². The van der Waals surface area contributed by atoms with Crippen LogP contribution in [0.3, 0.4) is 0 Å². The van der Waals surface area contributed by atoms with Gasteiger partial charge < -0.3 is 14.5 Å². The second kappa shape index (κ2) is 5.20. The molecule has 0 N–H and O–H groups in total. The standard InChI is InChI=1S/C10H22N2O2/c1-10(2,3)14-9(13)12(6)8-7-11(4)5/h7-8H2,1-6H3/i4D3,5D3. The van der Waals surface area contributed by atoms with Gasteiger partial charge in [-0.05, 0) is 34.7 Å².